The first-order valence-electron chi connectivity index (χ1n) is 20.1. The van der Waals surface area contributed by atoms with E-state index in [-0.39, 0.29) is 22.3 Å². The van der Waals surface area contributed by atoms with Crippen LogP contribution in [0.5, 0.6) is 0 Å². The molecule has 0 radical (unpaired) electrons. The zero-order valence-corrected chi connectivity index (χ0v) is 32.2. The van der Waals surface area contributed by atoms with Crippen LogP contribution in [0.15, 0.2) is 42.5 Å². The Bertz CT molecular complexity index is 1520. The van der Waals surface area contributed by atoms with Gasteiger partial charge in [0.05, 0.1) is 12.1 Å². The maximum Gasteiger partial charge on any atom is 0.335 e. The van der Waals surface area contributed by atoms with Gasteiger partial charge in [-0.1, -0.05) is 58.1 Å². The predicted octanol–water partition coefficient (Wildman–Crippen LogP) is 8.54. The highest BCUT2D eigenvalue weighted by Gasteiger charge is 2.66. The van der Waals surface area contributed by atoms with Crippen molar-refractivity contribution in [3.05, 3.63) is 53.6 Å². The molecule has 0 aromatic heterocycles. The molecule has 1 aliphatic heterocycles. The van der Waals surface area contributed by atoms with Gasteiger partial charge in [0.1, 0.15) is 0 Å². The van der Waals surface area contributed by atoms with Crippen LogP contribution in [0, 0.1) is 51.8 Å². The molecule has 1 saturated heterocycles. The average Bonchev–Trinajstić information content (AvgIpc) is 3.44. The largest absolute Gasteiger partial charge is 0.478 e. The number of nitrogens with one attached hydrogen (secondary N) is 1. The predicted molar refractivity (Wildman–Crippen MR) is 203 cm³/mol. The van der Waals surface area contributed by atoms with Gasteiger partial charge in [-0.3, -0.25) is 14.6 Å². The third kappa shape index (κ3) is 5.74. The molecule has 0 spiro atoms. The van der Waals surface area contributed by atoms with Crippen LogP contribution in [0.1, 0.15) is 122 Å². The van der Waals surface area contributed by atoms with E-state index in [0.29, 0.717) is 59.1 Å². The van der Waals surface area contributed by atoms with Crippen LogP contribution in [0.25, 0.3) is 5.57 Å². The van der Waals surface area contributed by atoms with E-state index in [2.05, 4.69) is 76.2 Å². The lowest BCUT2D eigenvalue weighted by Gasteiger charge is -2.68. The van der Waals surface area contributed by atoms with Crippen molar-refractivity contribution in [2.24, 2.45) is 51.8 Å². The summed E-state index contributed by atoms with van der Waals surface area (Å²) in [5.74, 6) is 2.96. The zero-order valence-electron chi connectivity index (χ0n) is 32.2. The summed E-state index contributed by atoms with van der Waals surface area (Å²) < 4.78 is 0. The molecular weight excluding hydrogens is 619 g/mol. The monoisotopic (exact) mass is 684 g/mol. The fourth-order valence-electron chi connectivity index (χ4n) is 13.9. The fourth-order valence-corrected chi connectivity index (χ4v) is 13.9. The summed E-state index contributed by atoms with van der Waals surface area (Å²) in [6.45, 7) is 26.2. The number of piperazine rings is 1. The molecule has 6 heteroatoms. The molecule has 5 fully saturated rings. The van der Waals surface area contributed by atoms with Gasteiger partial charge in [0.2, 0.25) is 5.91 Å². The highest BCUT2D eigenvalue weighted by molar-refractivity contribution is 5.88. The molecule has 5 aliphatic carbocycles. The number of amides is 1. The molecule has 9 atom stereocenters. The van der Waals surface area contributed by atoms with E-state index in [0.717, 1.165) is 51.9 Å². The van der Waals surface area contributed by atoms with Gasteiger partial charge in [-0.2, -0.15) is 0 Å². The first-order valence-corrected chi connectivity index (χ1v) is 20.1. The van der Waals surface area contributed by atoms with Gasteiger partial charge in [0.25, 0.3) is 0 Å². The highest BCUT2D eigenvalue weighted by Crippen LogP contribution is 2.73. The summed E-state index contributed by atoms with van der Waals surface area (Å²) >= 11 is 0. The van der Waals surface area contributed by atoms with Gasteiger partial charge >= 0.3 is 5.97 Å². The van der Waals surface area contributed by atoms with Gasteiger partial charge in [0.15, 0.2) is 0 Å². The Morgan fingerprint density at radius 1 is 0.900 bits per heavy atom. The number of carbonyl (C=O) groups is 2. The fraction of sp³-hybridized carbons (Fsp3) is 0.727. The van der Waals surface area contributed by atoms with Crippen molar-refractivity contribution in [1.29, 1.82) is 0 Å². The summed E-state index contributed by atoms with van der Waals surface area (Å²) in [5, 5.41) is 13.3. The maximum absolute atomic E-state index is 13.9. The van der Waals surface area contributed by atoms with Crippen molar-refractivity contribution in [1.82, 2.24) is 15.1 Å². The summed E-state index contributed by atoms with van der Waals surface area (Å²) in [4.78, 5) is 30.3. The summed E-state index contributed by atoms with van der Waals surface area (Å²) in [5.41, 5.74) is 4.70. The van der Waals surface area contributed by atoms with Crippen molar-refractivity contribution < 1.29 is 14.7 Å². The van der Waals surface area contributed by atoms with Crippen LogP contribution in [-0.4, -0.2) is 71.1 Å². The lowest BCUT2D eigenvalue weighted by Crippen LogP contribution is -2.65. The molecule has 1 aromatic carbocycles. The number of rotatable bonds is 7. The molecule has 6 nitrogen and oxygen atoms in total. The lowest BCUT2D eigenvalue weighted by atomic mass is 9.36. The van der Waals surface area contributed by atoms with Gasteiger partial charge in [0, 0.05) is 37.8 Å². The zero-order chi connectivity index (χ0) is 35.8. The normalized spacial score (nSPS) is 39.8. The van der Waals surface area contributed by atoms with E-state index in [1.807, 2.05) is 12.1 Å². The lowest BCUT2D eigenvalue weighted by molar-refractivity contribution is -0.175. The number of allylic oxidation sites excluding steroid dienone is 3. The SMILES string of the molecule is C=C(C)[C@@H]1CC[C@]2(NC(=O)CN3CCN(C(C)C)CC3)CCC3[C@H](CC[C@@H]4[C@@]5(C)CC=C(c6ccc(C(=O)O)cc6)C(C)(C)[C@@H]5CC[C@@]34C)[C@@H]12. The van der Waals surface area contributed by atoms with Crippen molar-refractivity contribution >= 4 is 17.4 Å². The molecule has 0 bridgehead atoms. The van der Waals surface area contributed by atoms with Crippen molar-refractivity contribution in [2.45, 2.75) is 118 Å². The first kappa shape index (κ1) is 35.9. The molecule has 6 aliphatic rings. The Labute approximate surface area is 302 Å². The quantitative estimate of drug-likeness (QED) is 0.282. The number of carboxylic acid groups (broad SMARTS) is 1. The summed E-state index contributed by atoms with van der Waals surface area (Å²) in [7, 11) is 0. The molecule has 274 valence electrons. The number of fused-ring (bicyclic) bond motifs is 7. The van der Waals surface area contributed by atoms with E-state index in [1.165, 1.54) is 48.8 Å². The summed E-state index contributed by atoms with van der Waals surface area (Å²) in [6, 6.07) is 8.15. The smallest absolute Gasteiger partial charge is 0.335 e. The summed E-state index contributed by atoms with van der Waals surface area (Å²) in [6.07, 6.45) is 13.3. The third-order valence-electron chi connectivity index (χ3n) is 16.1. The van der Waals surface area contributed by atoms with Crippen LogP contribution in [0.2, 0.25) is 0 Å². The standard InChI is InChI=1S/C44H65N3O3/c1-28(2)32-15-21-44(45-38(48)27-46-23-25-47(26-24-46)29(3)4)22-17-35-33(39(32)44)13-14-37-42(35,7)20-18-36-41(5,6)34(16-19-43(36,37)8)30-9-11-31(12-10-30)40(49)50/h9-12,16,29,32-33,35-37,39H,1,13-15,17-27H2,2-8H3,(H,45,48)(H,49,50)/t32-,33-,35?,36-,37-,39+,42-,43-,44-/m0/s1. The van der Waals surface area contributed by atoms with Gasteiger partial charge < -0.3 is 10.4 Å². The van der Waals surface area contributed by atoms with Crippen LogP contribution >= 0.6 is 0 Å². The maximum atomic E-state index is 13.9. The third-order valence-corrected chi connectivity index (χ3v) is 16.1. The van der Waals surface area contributed by atoms with Gasteiger partial charge in [-0.25, -0.2) is 4.79 Å². The first-order chi connectivity index (χ1) is 23.6. The molecule has 1 heterocycles. The molecule has 1 unspecified atom stereocenters. The Kier molecular flexibility index (Phi) is 9.27. The number of hydrogen-bond acceptors (Lipinski definition) is 4. The van der Waals surface area contributed by atoms with Crippen molar-refractivity contribution in [3.8, 4) is 0 Å². The number of carbonyl (C=O) groups excluding carboxylic acids is 1. The Hall–Kier alpha value is -2.44. The number of benzene rings is 1. The Balaban J connectivity index is 1.11. The number of carboxylic acids is 1. The number of aromatic carboxylic acids is 1. The van der Waals surface area contributed by atoms with Crippen LogP contribution in [0.3, 0.4) is 0 Å². The minimum Gasteiger partial charge on any atom is -0.478 e. The number of nitrogens with zero attached hydrogens (tertiary/aromatic N) is 2. The number of hydrogen-bond donors (Lipinski definition) is 2. The van der Waals surface area contributed by atoms with E-state index in [1.54, 1.807) is 12.1 Å². The minimum atomic E-state index is -0.867. The minimum absolute atomic E-state index is 0.0137. The highest BCUT2D eigenvalue weighted by atomic mass is 16.4. The van der Waals surface area contributed by atoms with E-state index in [9.17, 15) is 14.7 Å². The molecule has 50 heavy (non-hydrogen) atoms. The van der Waals surface area contributed by atoms with Crippen molar-refractivity contribution in [3.63, 3.8) is 0 Å². The van der Waals surface area contributed by atoms with E-state index < -0.39 is 5.97 Å². The van der Waals surface area contributed by atoms with E-state index in [4.69, 9.17) is 0 Å². The Morgan fingerprint density at radius 3 is 2.22 bits per heavy atom. The molecule has 2 N–H and O–H groups in total. The van der Waals surface area contributed by atoms with Gasteiger partial charge in [-0.05, 0) is 154 Å². The Morgan fingerprint density at radius 2 is 1.58 bits per heavy atom. The molecule has 1 amide bonds. The topological polar surface area (TPSA) is 72.9 Å². The molecule has 1 aromatic rings. The second kappa shape index (κ2) is 12.9. The van der Waals surface area contributed by atoms with Crippen LogP contribution < -0.4 is 5.32 Å². The second-order valence-electron chi connectivity index (χ2n) is 19.1. The van der Waals surface area contributed by atoms with Crippen molar-refractivity contribution in [2.75, 3.05) is 32.7 Å². The average molecular weight is 684 g/mol. The molecule has 4 saturated carbocycles. The van der Waals surface area contributed by atoms with E-state index >= 15 is 0 Å². The van der Waals surface area contributed by atoms with Crippen LogP contribution in [0.4, 0.5) is 0 Å². The molecule has 7 rings (SSSR count). The van der Waals surface area contributed by atoms with Gasteiger partial charge in [-0.15, -0.1) is 0 Å². The van der Waals surface area contributed by atoms with Crippen LogP contribution in [-0.2, 0) is 4.79 Å². The molecular formula is C44H65N3O3. The second-order valence-corrected chi connectivity index (χ2v) is 19.1.